The summed E-state index contributed by atoms with van der Waals surface area (Å²) in [6.07, 6.45) is 4.93. The molecule has 1 aromatic rings. The highest BCUT2D eigenvalue weighted by Crippen LogP contribution is 2.20. The van der Waals surface area contributed by atoms with Crippen molar-refractivity contribution in [3.8, 4) is 0 Å². The summed E-state index contributed by atoms with van der Waals surface area (Å²) in [6, 6.07) is 7.85. The van der Waals surface area contributed by atoms with Gasteiger partial charge in [-0.15, -0.1) is 0 Å². The number of rotatable bonds is 5. The van der Waals surface area contributed by atoms with Crippen LogP contribution in [0.5, 0.6) is 0 Å². The Kier molecular flexibility index (Phi) is 6.08. The van der Waals surface area contributed by atoms with E-state index >= 15 is 0 Å². The summed E-state index contributed by atoms with van der Waals surface area (Å²) in [5.41, 5.74) is 1.93. The van der Waals surface area contributed by atoms with E-state index < -0.39 is 0 Å². The first-order chi connectivity index (χ1) is 12.2. The van der Waals surface area contributed by atoms with E-state index in [0.717, 1.165) is 62.9 Å². The average Bonchev–Trinajstić information content (AvgIpc) is 3.20. The number of aryl methyl sites for hydroxylation is 1. The standard InChI is InChI=1S/C20H29N3O2/c1-2-16-8-3-4-9-17(16)20(25)23-12-6-7-15(14-23)13-22-19(24)18-10-5-11-21-18/h3-4,8-9,15,18,21H,2,5-7,10-14H2,1H3,(H,22,24). The van der Waals surface area contributed by atoms with Crippen molar-refractivity contribution in [1.82, 2.24) is 15.5 Å². The minimum absolute atomic E-state index is 0.0299. The van der Waals surface area contributed by atoms with Gasteiger partial charge in [-0.3, -0.25) is 9.59 Å². The van der Waals surface area contributed by atoms with Crippen LogP contribution in [0.2, 0.25) is 0 Å². The van der Waals surface area contributed by atoms with Crippen LogP contribution < -0.4 is 10.6 Å². The second kappa shape index (κ2) is 8.48. The lowest BCUT2D eigenvalue weighted by molar-refractivity contribution is -0.123. The van der Waals surface area contributed by atoms with Crippen LogP contribution in [0, 0.1) is 5.92 Å². The fourth-order valence-electron chi connectivity index (χ4n) is 3.90. The molecule has 2 unspecified atom stereocenters. The van der Waals surface area contributed by atoms with Gasteiger partial charge in [0, 0.05) is 25.2 Å². The molecule has 0 aromatic heterocycles. The topological polar surface area (TPSA) is 61.4 Å². The Bertz CT molecular complexity index is 611. The molecule has 2 fully saturated rings. The van der Waals surface area contributed by atoms with Crippen LogP contribution in [0.25, 0.3) is 0 Å². The van der Waals surface area contributed by atoms with Crippen LogP contribution in [0.1, 0.15) is 48.5 Å². The molecule has 1 aromatic carbocycles. The largest absolute Gasteiger partial charge is 0.354 e. The monoisotopic (exact) mass is 343 g/mol. The predicted octanol–water partition coefficient (Wildman–Crippen LogP) is 1.97. The molecule has 5 heteroatoms. The average molecular weight is 343 g/mol. The van der Waals surface area contributed by atoms with Crippen LogP contribution in [-0.4, -0.2) is 48.9 Å². The second-order valence-corrected chi connectivity index (χ2v) is 7.16. The molecule has 2 aliphatic rings. The summed E-state index contributed by atoms with van der Waals surface area (Å²) in [6.45, 7) is 5.22. The zero-order valence-electron chi connectivity index (χ0n) is 15.1. The Morgan fingerprint density at radius 1 is 1.24 bits per heavy atom. The Hall–Kier alpha value is -1.88. The molecule has 0 aliphatic carbocycles. The minimum Gasteiger partial charge on any atom is -0.354 e. The second-order valence-electron chi connectivity index (χ2n) is 7.16. The van der Waals surface area contributed by atoms with Crippen molar-refractivity contribution in [2.24, 2.45) is 5.92 Å². The number of hydrogen-bond acceptors (Lipinski definition) is 3. The van der Waals surface area contributed by atoms with Crippen molar-refractivity contribution < 1.29 is 9.59 Å². The predicted molar refractivity (Wildman–Crippen MR) is 98.5 cm³/mol. The van der Waals surface area contributed by atoms with Crippen molar-refractivity contribution in [3.63, 3.8) is 0 Å². The maximum atomic E-state index is 12.9. The summed E-state index contributed by atoms with van der Waals surface area (Å²) < 4.78 is 0. The van der Waals surface area contributed by atoms with E-state index in [2.05, 4.69) is 17.6 Å². The fourth-order valence-corrected chi connectivity index (χ4v) is 3.90. The van der Waals surface area contributed by atoms with Gasteiger partial charge in [0.25, 0.3) is 5.91 Å². The van der Waals surface area contributed by atoms with E-state index in [9.17, 15) is 9.59 Å². The van der Waals surface area contributed by atoms with Gasteiger partial charge >= 0.3 is 0 Å². The van der Waals surface area contributed by atoms with Gasteiger partial charge in [0.2, 0.25) is 5.91 Å². The van der Waals surface area contributed by atoms with Gasteiger partial charge in [-0.1, -0.05) is 25.1 Å². The van der Waals surface area contributed by atoms with Crippen LogP contribution in [0.15, 0.2) is 24.3 Å². The Labute approximate surface area is 150 Å². The molecule has 2 N–H and O–H groups in total. The molecule has 0 radical (unpaired) electrons. The number of benzene rings is 1. The lowest BCUT2D eigenvalue weighted by Crippen LogP contribution is -2.46. The van der Waals surface area contributed by atoms with Crippen LogP contribution in [-0.2, 0) is 11.2 Å². The first-order valence-corrected chi connectivity index (χ1v) is 9.57. The third kappa shape index (κ3) is 4.40. The lowest BCUT2D eigenvalue weighted by atomic mass is 9.96. The highest BCUT2D eigenvalue weighted by Gasteiger charge is 2.27. The maximum Gasteiger partial charge on any atom is 0.254 e. The fraction of sp³-hybridized carbons (Fsp3) is 0.600. The zero-order valence-corrected chi connectivity index (χ0v) is 15.1. The molecule has 2 aliphatic heterocycles. The number of nitrogens with one attached hydrogen (secondary N) is 2. The molecular weight excluding hydrogens is 314 g/mol. The van der Waals surface area contributed by atoms with Gasteiger partial charge in [0.15, 0.2) is 0 Å². The van der Waals surface area contributed by atoms with Gasteiger partial charge in [0.1, 0.15) is 0 Å². The highest BCUT2D eigenvalue weighted by atomic mass is 16.2. The molecule has 2 amide bonds. The van der Waals surface area contributed by atoms with Gasteiger partial charge in [-0.05, 0) is 56.2 Å². The smallest absolute Gasteiger partial charge is 0.254 e. The van der Waals surface area contributed by atoms with Crippen LogP contribution >= 0.6 is 0 Å². The van der Waals surface area contributed by atoms with E-state index in [1.54, 1.807) is 0 Å². The molecule has 0 bridgehead atoms. The van der Waals surface area contributed by atoms with Crippen molar-refractivity contribution in [2.45, 2.75) is 45.1 Å². The Morgan fingerprint density at radius 3 is 2.84 bits per heavy atom. The summed E-state index contributed by atoms with van der Waals surface area (Å²) >= 11 is 0. The molecule has 5 nitrogen and oxygen atoms in total. The van der Waals surface area contributed by atoms with Crippen molar-refractivity contribution >= 4 is 11.8 Å². The van der Waals surface area contributed by atoms with E-state index in [1.807, 2.05) is 29.2 Å². The Balaban J connectivity index is 1.55. The third-order valence-electron chi connectivity index (χ3n) is 5.38. The van der Waals surface area contributed by atoms with Crippen molar-refractivity contribution in [2.75, 3.05) is 26.2 Å². The van der Waals surface area contributed by atoms with Gasteiger partial charge in [0.05, 0.1) is 6.04 Å². The quantitative estimate of drug-likeness (QED) is 0.859. The highest BCUT2D eigenvalue weighted by molar-refractivity contribution is 5.95. The summed E-state index contributed by atoms with van der Waals surface area (Å²) in [5, 5.41) is 6.31. The van der Waals surface area contributed by atoms with Crippen LogP contribution in [0.3, 0.4) is 0 Å². The molecule has 0 spiro atoms. The minimum atomic E-state index is -0.0299. The molecule has 3 rings (SSSR count). The maximum absolute atomic E-state index is 12.9. The number of piperidine rings is 1. The van der Waals surface area contributed by atoms with E-state index in [4.69, 9.17) is 0 Å². The molecule has 25 heavy (non-hydrogen) atoms. The van der Waals surface area contributed by atoms with Gasteiger partial charge in [-0.25, -0.2) is 0 Å². The number of nitrogens with zero attached hydrogens (tertiary/aromatic N) is 1. The molecule has 2 atom stereocenters. The van der Waals surface area contributed by atoms with E-state index in [-0.39, 0.29) is 17.9 Å². The van der Waals surface area contributed by atoms with Gasteiger partial charge in [-0.2, -0.15) is 0 Å². The molecule has 2 saturated heterocycles. The lowest BCUT2D eigenvalue weighted by Gasteiger charge is -2.33. The van der Waals surface area contributed by atoms with Crippen molar-refractivity contribution in [3.05, 3.63) is 35.4 Å². The normalized spacial score (nSPS) is 23.5. The number of carbonyl (C=O) groups is 2. The Morgan fingerprint density at radius 2 is 2.08 bits per heavy atom. The van der Waals surface area contributed by atoms with E-state index in [0.29, 0.717) is 12.5 Å². The van der Waals surface area contributed by atoms with Gasteiger partial charge < -0.3 is 15.5 Å². The summed E-state index contributed by atoms with van der Waals surface area (Å²) in [7, 11) is 0. The molecular formula is C20H29N3O2. The molecule has 136 valence electrons. The summed E-state index contributed by atoms with van der Waals surface area (Å²) in [4.78, 5) is 27.0. The SMILES string of the molecule is CCc1ccccc1C(=O)N1CCCC(CNC(=O)C2CCCN2)C1. The zero-order chi connectivity index (χ0) is 17.6. The van der Waals surface area contributed by atoms with Crippen LogP contribution in [0.4, 0.5) is 0 Å². The number of amides is 2. The molecule has 2 heterocycles. The molecule has 0 saturated carbocycles. The van der Waals surface area contributed by atoms with E-state index in [1.165, 1.54) is 0 Å². The first-order valence-electron chi connectivity index (χ1n) is 9.57. The third-order valence-corrected chi connectivity index (χ3v) is 5.38. The number of likely N-dealkylation sites (tertiary alicyclic amines) is 1. The first kappa shape index (κ1) is 17.9. The van der Waals surface area contributed by atoms with Crippen molar-refractivity contribution in [1.29, 1.82) is 0 Å². The number of carbonyl (C=O) groups excluding carboxylic acids is 2. The number of hydrogen-bond donors (Lipinski definition) is 2. The summed E-state index contributed by atoms with van der Waals surface area (Å²) in [5.74, 6) is 0.583.